The average molecular weight is 412 g/mol. The third-order valence-electron chi connectivity index (χ3n) is 5.14. The number of carbonyl (C=O) groups excluding carboxylic acids is 1. The monoisotopic (exact) mass is 411 g/mol. The van der Waals surface area contributed by atoms with Gasteiger partial charge in [-0.3, -0.25) is 14.9 Å². The number of aromatic amines is 1. The molecule has 3 aromatic rings. The van der Waals surface area contributed by atoms with Crippen LogP contribution in [0.4, 0.5) is 5.69 Å². The molecule has 0 bridgehead atoms. The predicted molar refractivity (Wildman–Crippen MR) is 111 cm³/mol. The Bertz CT molecular complexity index is 1150. The molecular formula is C21H18ClN3O4. The fourth-order valence-electron chi connectivity index (χ4n) is 3.62. The zero-order chi connectivity index (χ0) is 20.5. The molecule has 2 heterocycles. The Morgan fingerprint density at radius 1 is 1.31 bits per heavy atom. The molecule has 1 aromatic heterocycles. The van der Waals surface area contributed by atoms with Crippen LogP contribution in [-0.2, 0) is 0 Å². The van der Waals surface area contributed by atoms with E-state index in [0.717, 1.165) is 22.0 Å². The molecule has 0 fully saturated rings. The highest BCUT2D eigenvalue weighted by atomic mass is 35.5. The highest BCUT2D eigenvalue weighted by Crippen LogP contribution is 2.33. The molecule has 7 nitrogen and oxygen atoms in total. The standard InChI is InChI=1S/C21H18ClN3O4/c1-29-14-5-6-19(25(27)28)16(11-14)21(26)24-9-7-13(8-10-24)17-12-23-20-15(17)3-2-4-18(20)22/h2-7,11-12,23H,8-10H2,1H3. The molecule has 4 rings (SSSR count). The number of nitro benzene ring substituents is 1. The number of carbonyl (C=O) groups is 1. The Hall–Kier alpha value is -3.32. The lowest BCUT2D eigenvalue weighted by Crippen LogP contribution is -2.35. The van der Waals surface area contributed by atoms with Crippen molar-refractivity contribution in [1.82, 2.24) is 9.88 Å². The Labute approximate surface area is 171 Å². The van der Waals surface area contributed by atoms with Crippen molar-refractivity contribution in [2.75, 3.05) is 20.2 Å². The van der Waals surface area contributed by atoms with Gasteiger partial charge in [0.1, 0.15) is 11.3 Å². The third kappa shape index (κ3) is 3.45. The average Bonchev–Trinajstić information content (AvgIpc) is 3.18. The van der Waals surface area contributed by atoms with E-state index in [2.05, 4.69) is 4.98 Å². The quantitative estimate of drug-likeness (QED) is 0.499. The maximum atomic E-state index is 13.0. The maximum absolute atomic E-state index is 13.0. The van der Waals surface area contributed by atoms with E-state index in [9.17, 15) is 14.9 Å². The normalized spacial score (nSPS) is 14.0. The van der Waals surface area contributed by atoms with Crippen molar-refractivity contribution < 1.29 is 14.5 Å². The number of halogens is 1. The molecule has 1 amide bonds. The largest absolute Gasteiger partial charge is 0.497 e. The van der Waals surface area contributed by atoms with Crippen molar-refractivity contribution in [1.29, 1.82) is 0 Å². The van der Waals surface area contributed by atoms with Crippen LogP contribution < -0.4 is 4.74 Å². The number of benzene rings is 2. The molecule has 0 saturated carbocycles. The Kier molecular flexibility index (Phi) is 4.98. The molecule has 0 radical (unpaired) electrons. The van der Waals surface area contributed by atoms with Gasteiger partial charge in [0.15, 0.2) is 0 Å². The lowest BCUT2D eigenvalue weighted by atomic mass is 9.98. The summed E-state index contributed by atoms with van der Waals surface area (Å²) in [5, 5.41) is 13.0. The first-order chi connectivity index (χ1) is 14.0. The highest BCUT2D eigenvalue weighted by molar-refractivity contribution is 6.35. The fraction of sp³-hybridized carbons (Fsp3) is 0.190. The molecule has 2 aromatic carbocycles. The van der Waals surface area contributed by atoms with E-state index in [0.29, 0.717) is 30.3 Å². The van der Waals surface area contributed by atoms with Crippen molar-refractivity contribution >= 4 is 39.7 Å². The van der Waals surface area contributed by atoms with E-state index in [1.54, 1.807) is 4.90 Å². The summed E-state index contributed by atoms with van der Waals surface area (Å²) in [5.74, 6) is 0.0238. The lowest BCUT2D eigenvalue weighted by molar-refractivity contribution is -0.385. The zero-order valence-electron chi connectivity index (χ0n) is 15.6. The molecule has 0 unspecified atom stereocenters. The second kappa shape index (κ2) is 7.60. The number of para-hydroxylation sites is 1. The zero-order valence-corrected chi connectivity index (χ0v) is 16.4. The predicted octanol–water partition coefficient (Wildman–Crippen LogP) is 4.67. The van der Waals surface area contributed by atoms with Crippen LogP contribution in [0.25, 0.3) is 16.5 Å². The van der Waals surface area contributed by atoms with Gasteiger partial charge in [-0.05, 0) is 30.2 Å². The summed E-state index contributed by atoms with van der Waals surface area (Å²) in [5.41, 5.74) is 2.86. The number of hydrogen-bond donors (Lipinski definition) is 1. The van der Waals surface area contributed by atoms with Gasteiger partial charge in [0, 0.05) is 36.3 Å². The summed E-state index contributed by atoms with van der Waals surface area (Å²) >= 11 is 6.24. The molecule has 1 aliphatic rings. The number of rotatable bonds is 4. The smallest absolute Gasteiger partial charge is 0.282 e. The van der Waals surface area contributed by atoms with Crippen molar-refractivity contribution in [3.63, 3.8) is 0 Å². The molecular weight excluding hydrogens is 394 g/mol. The van der Waals surface area contributed by atoms with Gasteiger partial charge in [0.05, 0.1) is 22.6 Å². The van der Waals surface area contributed by atoms with Crippen LogP contribution in [0.1, 0.15) is 22.3 Å². The molecule has 0 atom stereocenters. The molecule has 148 valence electrons. The first-order valence-corrected chi connectivity index (χ1v) is 9.44. The van der Waals surface area contributed by atoms with E-state index in [1.807, 2.05) is 30.5 Å². The van der Waals surface area contributed by atoms with Gasteiger partial charge >= 0.3 is 0 Å². The van der Waals surface area contributed by atoms with Crippen LogP contribution in [-0.4, -0.2) is 40.9 Å². The van der Waals surface area contributed by atoms with Gasteiger partial charge in [-0.2, -0.15) is 0 Å². The summed E-state index contributed by atoms with van der Waals surface area (Å²) in [6, 6.07) is 9.94. The molecule has 1 aliphatic heterocycles. The summed E-state index contributed by atoms with van der Waals surface area (Å²) in [6.45, 7) is 0.835. The van der Waals surface area contributed by atoms with Crippen LogP contribution in [0.2, 0.25) is 5.02 Å². The van der Waals surface area contributed by atoms with E-state index >= 15 is 0 Å². The number of nitrogens with zero attached hydrogens (tertiary/aromatic N) is 2. The second-order valence-corrected chi connectivity index (χ2v) is 7.14. The van der Waals surface area contributed by atoms with Crippen LogP contribution in [0, 0.1) is 10.1 Å². The molecule has 0 aliphatic carbocycles. The number of H-pyrrole nitrogens is 1. The first-order valence-electron chi connectivity index (χ1n) is 9.06. The number of amides is 1. The molecule has 0 saturated heterocycles. The summed E-state index contributed by atoms with van der Waals surface area (Å²) in [6.07, 6.45) is 4.55. The minimum Gasteiger partial charge on any atom is -0.497 e. The fourth-order valence-corrected chi connectivity index (χ4v) is 3.85. The van der Waals surface area contributed by atoms with Gasteiger partial charge in [-0.1, -0.05) is 29.8 Å². The third-order valence-corrected chi connectivity index (χ3v) is 5.45. The SMILES string of the molecule is COc1ccc([N+](=O)[O-])c(C(=O)N2CC=C(c3c[nH]c4c(Cl)cccc34)CC2)c1. The number of ether oxygens (including phenoxy) is 1. The van der Waals surface area contributed by atoms with Gasteiger partial charge in [-0.15, -0.1) is 0 Å². The minimum atomic E-state index is -0.548. The number of nitro groups is 1. The van der Waals surface area contributed by atoms with E-state index in [4.69, 9.17) is 16.3 Å². The highest BCUT2D eigenvalue weighted by Gasteiger charge is 2.27. The van der Waals surface area contributed by atoms with E-state index < -0.39 is 4.92 Å². The number of fused-ring (bicyclic) bond motifs is 1. The Balaban J connectivity index is 1.61. The molecule has 0 spiro atoms. The number of aromatic nitrogens is 1. The topological polar surface area (TPSA) is 88.5 Å². The van der Waals surface area contributed by atoms with Crippen LogP contribution >= 0.6 is 11.6 Å². The molecule has 29 heavy (non-hydrogen) atoms. The lowest BCUT2D eigenvalue weighted by Gasteiger charge is -2.26. The van der Waals surface area contributed by atoms with Crippen molar-refractivity contribution in [3.8, 4) is 5.75 Å². The molecule has 1 N–H and O–H groups in total. The second-order valence-electron chi connectivity index (χ2n) is 6.74. The summed E-state index contributed by atoms with van der Waals surface area (Å²) < 4.78 is 5.12. The van der Waals surface area contributed by atoms with Gasteiger partial charge < -0.3 is 14.6 Å². The minimum absolute atomic E-state index is 0.0325. The van der Waals surface area contributed by atoms with Crippen molar-refractivity contribution in [3.05, 3.63) is 74.9 Å². The van der Waals surface area contributed by atoms with Crippen molar-refractivity contribution in [2.45, 2.75) is 6.42 Å². The van der Waals surface area contributed by atoms with Crippen molar-refractivity contribution in [2.24, 2.45) is 0 Å². The number of nitrogens with one attached hydrogen (secondary N) is 1. The summed E-state index contributed by atoms with van der Waals surface area (Å²) in [4.78, 5) is 28.6. The van der Waals surface area contributed by atoms with Gasteiger partial charge in [0.25, 0.3) is 11.6 Å². The first kappa shape index (κ1) is 19.0. The maximum Gasteiger partial charge on any atom is 0.282 e. The van der Waals surface area contributed by atoms with Gasteiger partial charge in [-0.25, -0.2) is 0 Å². The Morgan fingerprint density at radius 2 is 2.14 bits per heavy atom. The summed E-state index contributed by atoms with van der Waals surface area (Å²) in [7, 11) is 1.46. The van der Waals surface area contributed by atoms with E-state index in [-0.39, 0.29) is 17.2 Å². The van der Waals surface area contributed by atoms with E-state index in [1.165, 1.54) is 25.3 Å². The Morgan fingerprint density at radius 3 is 2.83 bits per heavy atom. The molecule has 8 heteroatoms. The van der Waals surface area contributed by atoms with Gasteiger partial charge in [0.2, 0.25) is 0 Å². The number of methoxy groups -OCH3 is 1. The van der Waals surface area contributed by atoms with Crippen LogP contribution in [0.15, 0.2) is 48.7 Å². The number of hydrogen-bond acceptors (Lipinski definition) is 4. The van der Waals surface area contributed by atoms with Crippen LogP contribution in [0.5, 0.6) is 5.75 Å². The van der Waals surface area contributed by atoms with Crippen LogP contribution in [0.3, 0.4) is 0 Å².